The second-order valence-electron chi connectivity index (χ2n) is 4.73. The van der Waals surface area contributed by atoms with E-state index >= 15 is 0 Å². The minimum absolute atomic E-state index is 0.172. The predicted octanol–water partition coefficient (Wildman–Crippen LogP) is 0.589. The molecule has 0 spiro atoms. The van der Waals surface area contributed by atoms with Gasteiger partial charge in [0, 0.05) is 0 Å². The van der Waals surface area contributed by atoms with E-state index in [1.165, 1.54) is 6.92 Å². The van der Waals surface area contributed by atoms with E-state index in [4.69, 9.17) is 10.8 Å². The van der Waals surface area contributed by atoms with Gasteiger partial charge in [-0.2, -0.15) is 13.2 Å². The number of nitrogens with zero attached hydrogens (tertiary/aromatic N) is 1. The number of carboxylic acids is 1. The summed E-state index contributed by atoms with van der Waals surface area (Å²) in [6, 6.07) is 0. The SMILES string of the molecule is CC(N)(C(=O)N(CC(=O)O)CC(F)(F)F)C1CC1. The molecule has 0 saturated heterocycles. The lowest BCUT2D eigenvalue weighted by atomic mass is 9.95. The van der Waals surface area contributed by atoms with E-state index in [1.54, 1.807) is 0 Å². The van der Waals surface area contributed by atoms with Crippen molar-refractivity contribution in [1.29, 1.82) is 0 Å². The van der Waals surface area contributed by atoms with Gasteiger partial charge in [-0.3, -0.25) is 9.59 Å². The minimum Gasteiger partial charge on any atom is -0.480 e. The largest absolute Gasteiger partial charge is 0.480 e. The Morgan fingerprint density at radius 3 is 2.22 bits per heavy atom. The zero-order valence-electron chi connectivity index (χ0n) is 9.83. The molecule has 1 atom stereocenters. The number of aliphatic carboxylic acids is 1. The standard InChI is InChI=1S/C10H15F3N2O3/c1-9(14,6-2-3-6)8(18)15(4-7(16)17)5-10(11,12)13/h6H,2-5,14H2,1H3,(H,16,17). The summed E-state index contributed by atoms with van der Waals surface area (Å²) in [5, 5.41) is 8.55. The lowest BCUT2D eigenvalue weighted by molar-refractivity contribution is -0.168. The van der Waals surface area contributed by atoms with Crippen molar-refractivity contribution < 1.29 is 27.9 Å². The molecule has 0 aromatic rings. The molecule has 18 heavy (non-hydrogen) atoms. The predicted molar refractivity (Wildman–Crippen MR) is 55.6 cm³/mol. The van der Waals surface area contributed by atoms with Crippen LogP contribution in [0, 0.1) is 5.92 Å². The van der Waals surface area contributed by atoms with Crippen LogP contribution in [0.15, 0.2) is 0 Å². The highest BCUT2D eigenvalue weighted by atomic mass is 19.4. The Morgan fingerprint density at radius 2 is 1.89 bits per heavy atom. The van der Waals surface area contributed by atoms with Gasteiger partial charge in [-0.25, -0.2) is 0 Å². The maximum Gasteiger partial charge on any atom is 0.406 e. The fourth-order valence-electron chi connectivity index (χ4n) is 1.78. The molecule has 8 heteroatoms. The van der Waals surface area contributed by atoms with Gasteiger partial charge in [0.2, 0.25) is 5.91 Å². The number of carbonyl (C=O) groups is 2. The third-order valence-corrected chi connectivity index (χ3v) is 2.87. The number of hydrogen-bond donors (Lipinski definition) is 2. The van der Waals surface area contributed by atoms with Gasteiger partial charge >= 0.3 is 12.1 Å². The molecule has 1 unspecified atom stereocenters. The first-order chi connectivity index (χ1) is 8.04. The van der Waals surface area contributed by atoms with Crippen molar-refractivity contribution in [1.82, 2.24) is 4.90 Å². The monoisotopic (exact) mass is 268 g/mol. The van der Waals surface area contributed by atoms with E-state index in [0.29, 0.717) is 12.8 Å². The Bertz CT molecular complexity index is 351. The minimum atomic E-state index is -4.65. The van der Waals surface area contributed by atoms with Crippen LogP contribution >= 0.6 is 0 Å². The molecular weight excluding hydrogens is 253 g/mol. The van der Waals surface area contributed by atoms with Gasteiger partial charge in [-0.15, -0.1) is 0 Å². The van der Waals surface area contributed by atoms with Crippen molar-refractivity contribution in [2.45, 2.75) is 31.5 Å². The van der Waals surface area contributed by atoms with E-state index in [1.807, 2.05) is 0 Å². The van der Waals surface area contributed by atoms with Crippen molar-refractivity contribution in [3.8, 4) is 0 Å². The highest BCUT2D eigenvalue weighted by molar-refractivity contribution is 5.89. The number of nitrogens with two attached hydrogens (primary N) is 1. The normalized spacial score (nSPS) is 19.2. The number of hydrogen-bond acceptors (Lipinski definition) is 3. The Balaban J connectivity index is 2.81. The molecule has 0 aromatic carbocycles. The maximum absolute atomic E-state index is 12.3. The van der Waals surface area contributed by atoms with E-state index < -0.39 is 36.7 Å². The molecule has 1 saturated carbocycles. The summed E-state index contributed by atoms with van der Waals surface area (Å²) in [4.78, 5) is 22.7. The van der Waals surface area contributed by atoms with Crippen LogP contribution in [0.4, 0.5) is 13.2 Å². The Labute approximate surface area is 102 Å². The van der Waals surface area contributed by atoms with E-state index in [9.17, 15) is 22.8 Å². The van der Waals surface area contributed by atoms with Crippen LogP contribution in [-0.2, 0) is 9.59 Å². The molecule has 3 N–H and O–H groups in total. The summed E-state index contributed by atoms with van der Waals surface area (Å²) in [6.45, 7) is -1.26. The van der Waals surface area contributed by atoms with Gasteiger partial charge < -0.3 is 15.7 Å². The number of carboxylic acid groups (broad SMARTS) is 1. The molecule has 1 fully saturated rings. The van der Waals surface area contributed by atoms with Crippen molar-refractivity contribution in [3.63, 3.8) is 0 Å². The van der Waals surface area contributed by atoms with E-state index in [2.05, 4.69) is 0 Å². The Kier molecular flexibility index (Phi) is 3.89. The van der Waals surface area contributed by atoms with Crippen LogP contribution in [0.3, 0.4) is 0 Å². The zero-order valence-corrected chi connectivity index (χ0v) is 9.83. The molecule has 1 aliphatic carbocycles. The highest BCUT2D eigenvalue weighted by Gasteiger charge is 2.48. The van der Waals surface area contributed by atoms with Crippen LogP contribution < -0.4 is 5.73 Å². The molecule has 5 nitrogen and oxygen atoms in total. The maximum atomic E-state index is 12.3. The fraction of sp³-hybridized carbons (Fsp3) is 0.800. The van der Waals surface area contributed by atoms with Gasteiger partial charge in [-0.1, -0.05) is 0 Å². The molecule has 1 amide bonds. The fourth-order valence-corrected chi connectivity index (χ4v) is 1.78. The lowest BCUT2D eigenvalue weighted by Crippen LogP contribution is -2.57. The molecule has 1 rings (SSSR count). The van der Waals surface area contributed by atoms with Crippen LogP contribution in [0.1, 0.15) is 19.8 Å². The second-order valence-corrected chi connectivity index (χ2v) is 4.73. The van der Waals surface area contributed by atoms with Crippen molar-refractivity contribution in [2.24, 2.45) is 11.7 Å². The summed E-state index contributed by atoms with van der Waals surface area (Å²) in [6.07, 6.45) is -3.30. The van der Waals surface area contributed by atoms with E-state index in [-0.39, 0.29) is 10.8 Å². The first-order valence-electron chi connectivity index (χ1n) is 5.41. The third-order valence-electron chi connectivity index (χ3n) is 2.87. The quantitative estimate of drug-likeness (QED) is 0.764. The molecule has 0 aromatic heterocycles. The molecule has 1 aliphatic rings. The van der Waals surface area contributed by atoms with Gasteiger partial charge in [-0.05, 0) is 25.7 Å². The number of amides is 1. The Morgan fingerprint density at radius 1 is 1.39 bits per heavy atom. The summed E-state index contributed by atoms with van der Waals surface area (Å²) >= 11 is 0. The van der Waals surface area contributed by atoms with Gasteiger partial charge in [0.15, 0.2) is 0 Å². The zero-order chi connectivity index (χ0) is 14.1. The van der Waals surface area contributed by atoms with Crippen molar-refractivity contribution >= 4 is 11.9 Å². The summed E-state index contributed by atoms with van der Waals surface area (Å²) in [5.41, 5.74) is 4.28. The summed E-state index contributed by atoms with van der Waals surface area (Å²) in [5.74, 6) is -2.64. The van der Waals surface area contributed by atoms with Crippen LogP contribution in [0.2, 0.25) is 0 Å². The number of halogens is 3. The van der Waals surface area contributed by atoms with Gasteiger partial charge in [0.25, 0.3) is 0 Å². The molecular formula is C10H15F3N2O3. The average molecular weight is 268 g/mol. The number of carbonyl (C=O) groups excluding carboxylic acids is 1. The molecule has 0 heterocycles. The number of alkyl halides is 3. The molecule has 0 aliphatic heterocycles. The highest BCUT2D eigenvalue weighted by Crippen LogP contribution is 2.39. The van der Waals surface area contributed by atoms with Gasteiger partial charge in [0.1, 0.15) is 13.1 Å². The first-order valence-corrected chi connectivity index (χ1v) is 5.41. The van der Waals surface area contributed by atoms with Crippen molar-refractivity contribution in [2.75, 3.05) is 13.1 Å². The number of rotatable bonds is 5. The van der Waals surface area contributed by atoms with Crippen molar-refractivity contribution in [3.05, 3.63) is 0 Å². The van der Waals surface area contributed by atoms with Gasteiger partial charge in [0.05, 0.1) is 5.54 Å². The summed E-state index contributed by atoms with van der Waals surface area (Å²) < 4.78 is 36.9. The van der Waals surface area contributed by atoms with Crippen LogP contribution in [0.25, 0.3) is 0 Å². The van der Waals surface area contributed by atoms with Crippen LogP contribution in [0.5, 0.6) is 0 Å². The molecule has 0 bridgehead atoms. The first kappa shape index (κ1) is 14.7. The topological polar surface area (TPSA) is 83.6 Å². The lowest BCUT2D eigenvalue weighted by Gasteiger charge is -2.31. The smallest absolute Gasteiger partial charge is 0.406 e. The third kappa shape index (κ3) is 3.86. The molecule has 104 valence electrons. The molecule has 0 radical (unpaired) electrons. The second kappa shape index (κ2) is 4.75. The summed E-state index contributed by atoms with van der Waals surface area (Å²) in [7, 11) is 0. The van der Waals surface area contributed by atoms with Crippen LogP contribution in [-0.4, -0.2) is 46.7 Å². The average Bonchev–Trinajstić information content (AvgIpc) is 2.95. The van der Waals surface area contributed by atoms with E-state index in [0.717, 1.165) is 0 Å². The Hall–Kier alpha value is -1.31.